The minimum atomic E-state index is -1.04. The molecule has 0 radical (unpaired) electrons. The molecule has 0 aromatic heterocycles. The lowest BCUT2D eigenvalue weighted by molar-refractivity contribution is -0.150. The Balaban J connectivity index is 1.61. The lowest BCUT2D eigenvalue weighted by Gasteiger charge is -2.41. The Hall–Kier alpha value is -1.26. The number of aliphatic carboxylic acids is 1. The van der Waals surface area contributed by atoms with Crippen LogP contribution in [0.25, 0.3) is 0 Å². The van der Waals surface area contributed by atoms with Crippen molar-refractivity contribution < 1.29 is 14.7 Å². The number of rotatable bonds is 4. The van der Waals surface area contributed by atoms with Gasteiger partial charge in [-0.2, -0.15) is 0 Å². The van der Waals surface area contributed by atoms with Crippen molar-refractivity contribution in [1.82, 2.24) is 10.2 Å². The Kier molecular flexibility index (Phi) is 3.18. The molecule has 1 unspecified atom stereocenters. The van der Waals surface area contributed by atoms with Crippen molar-refractivity contribution in [3.63, 3.8) is 0 Å². The van der Waals surface area contributed by atoms with Crippen LogP contribution < -0.4 is 5.32 Å². The second-order valence-corrected chi connectivity index (χ2v) is 6.98. The van der Waals surface area contributed by atoms with Crippen LogP contribution >= 0.6 is 0 Å². The molecule has 0 aromatic rings. The van der Waals surface area contributed by atoms with Crippen LogP contribution in [-0.4, -0.2) is 40.6 Å². The molecule has 2 amide bonds. The highest BCUT2D eigenvalue weighted by atomic mass is 16.4. The number of amides is 2. The zero-order chi connectivity index (χ0) is 14.4. The van der Waals surface area contributed by atoms with Crippen LogP contribution in [-0.2, 0) is 4.79 Å². The van der Waals surface area contributed by atoms with E-state index < -0.39 is 11.5 Å². The van der Waals surface area contributed by atoms with E-state index in [0.717, 1.165) is 25.3 Å². The molecule has 1 saturated heterocycles. The Morgan fingerprint density at radius 2 is 1.95 bits per heavy atom. The Labute approximate surface area is 119 Å². The van der Waals surface area contributed by atoms with Crippen LogP contribution in [0.3, 0.4) is 0 Å². The predicted octanol–water partition coefficient (Wildman–Crippen LogP) is 2.22. The molecule has 0 aromatic carbocycles. The molecule has 2 saturated carbocycles. The number of nitrogens with one attached hydrogen (secondary N) is 1. The average Bonchev–Trinajstić information content (AvgIpc) is 3.27. The van der Waals surface area contributed by atoms with Gasteiger partial charge in [-0.3, -0.25) is 0 Å². The van der Waals surface area contributed by atoms with E-state index in [1.54, 1.807) is 6.92 Å². The summed E-state index contributed by atoms with van der Waals surface area (Å²) in [5, 5.41) is 12.4. The molecule has 3 fully saturated rings. The quantitative estimate of drug-likeness (QED) is 0.829. The van der Waals surface area contributed by atoms with Gasteiger partial charge in [0.1, 0.15) is 5.54 Å². The van der Waals surface area contributed by atoms with E-state index in [9.17, 15) is 14.7 Å². The van der Waals surface area contributed by atoms with E-state index in [1.807, 2.05) is 0 Å². The summed E-state index contributed by atoms with van der Waals surface area (Å²) in [6.07, 6.45) is 7.34. The van der Waals surface area contributed by atoms with Crippen LogP contribution in [0, 0.1) is 11.3 Å². The van der Waals surface area contributed by atoms with Crippen LogP contribution in [0.15, 0.2) is 0 Å². The number of carbonyl (C=O) groups excluding carboxylic acids is 1. The number of carboxylic acid groups (broad SMARTS) is 1. The second kappa shape index (κ2) is 4.64. The summed E-state index contributed by atoms with van der Waals surface area (Å²) in [5.41, 5.74) is -0.691. The van der Waals surface area contributed by atoms with Gasteiger partial charge in [0.25, 0.3) is 0 Å². The van der Waals surface area contributed by atoms with Gasteiger partial charge >= 0.3 is 12.0 Å². The van der Waals surface area contributed by atoms with Crippen molar-refractivity contribution in [2.75, 3.05) is 13.1 Å². The molecule has 20 heavy (non-hydrogen) atoms. The molecule has 3 aliphatic rings. The lowest BCUT2D eigenvalue weighted by Crippen LogP contribution is -2.60. The summed E-state index contributed by atoms with van der Waals surface area (Å²) in [5.74, 6) is -0.0920. The van der Waals surface area contributed by atoms with E-state index in [-0.39, 0.29) is 6.03 Å². The highest BCUT2D eigenvalue weighted by Gasteiger charge is 2.54. The molecule has 0 spiro atoms. The van der Waals surface area contributed by atoms with Gasteiger partial charge in [-0.15, -0.1) is 0 Å². The first kappa shape index (κ1) is 13.7. The van der Waals surface area contributed by atoms with Crippen molar-refractivity contribution in [3.8, 4) is 0 Å². The first-order chi connectivity index (χ1) is 9.48. The number of carbonyl (C=O) groups is 2. The fraction of sp³-hybridized carbons (Fsp3) is 0.867. The molecular formula is C15H24N2O3. The van der Waals surface area contributed by atoms with Gasteiger partial charge in [-0.1, -0.05) is 0 Å². The Morgan fingerprint density at radius 1 is 1.25 bits per heavy atom. The summed E-state index contributed by atoms with van der Waals surface area (Å²) < 4.78 is 0. The highest BCUT2D eigenvalue weighted by Crippen LogP contribution is 2.60. The SMILES string of the molecule is CC1(C(=O)O)CCCCN1C(=O)NCC1(C2CC2)CC1. The Bertz CT molecular complexity index is 429. The fourth-order valence-electron chi connectivity index (χ4n) is 3.60. The van der Waals surface area contributed by atoms with Crippen LogP contribution in [0.1, 0.15) is 51.9 Å². The third-order valence-corrected chi connectivity index (χ3v) is 5.52. The molecule has 5 heteroatoms. The van der Waals surface area contributed by atoms with Crippen molar-refractivity contribution in [3.05, 3.63) is 0 Å². The molecule has 2 aliphatic carbocycles. The maximum absolute atomic E-state index is 12.4. The number of likely N-dealkylation sites (tertiary alicyclic amines) is 1. The molecule has 1 atom stereocenters. The topological polar surface area (TPSA) is 69.6 Å². The zero-order valence-electron chi connectivity index (χ0n) is 12.2. The average molecular weight is 280 g/mol. The molecule has 5 nitrogen and oxygen atoms in total. The molecule has 1 aliphatic heterocycles. The number of carboxylic acids is 1. The first-order valence-electron chi connectivity index (χ1n) is 7.77. The Morgan fingerprint density at radius 3 is 2.50 bits per heavy atom. The van der Waals surface area contributed by atoms with E-state index in [1.165, 1.54) is 30.6 Å². The number of hydrogen-bond acceptors (Lipinski definition) is 2. The van der Waals surface area contributed by atoms with E-state index in [0.29, 0.717) is 18.4 Å². The molecule has 112 valence electrons. The minimum Gasteiger partial charge on any atom is -0.480 e. The molecule has 1 heterocycles. The van der Waals surface area contributed by atoms with E-state index in [4.69, 9.17) is 0 Å². The summed E-state index contributed by atoms with van der Waals surface area (Å²) in [6, 6.07) is -0.193. The second-order valence-electron chi connectivity index (χ2n) is 6.98. The van der Waals surface area contributed by atoms with Crippen molar-refractivity contribution in [1.29, 1.82) is 0 Å². The van der Waals surface area contributed by atoms with Gasteiger partial charge in [0.2, 0.25) is 0 Å². The number of nitrogens with zero attached hydrogens (tertiary/aromatic N) is 1. The third kappa shape index (κ3) is 2.27. The first-order valence-corrected chi connectivity index (χ1v) is 7.77. The van der Waals surface area contributed by atoms with Gasteiger partial charge < -0.3 is 15.3 Å². The monoisotopic (exact) mass is 280 g/mol. The van der Waals surface area contributed by atoms with Gasteiger partial charge in [0.05, 0.1) is 0 Å². The van der Waals surface area contributed by atoms with Crippen LogP contribution in [0.2, 0.25) is 0 Å². The van der Waals surface area contributed by atoms with E-state index >= 15 is 0 Å². The molecule has 2 N–H and O–H groups in total. The highest BCUT2D eigenvalue weighted by molar-refractivity contribution is 5.86. The van der Waals surface area contributed by atoms with Crippen molar-refractivity contribution in [2.24, 2.45) is 11.3 Å². The summed E-state index contributed by atoms with van der Waals surface area (Å²) >= 11 is 0. The predicted molar refractivity (Wildman–Crippen MR) is 74.4 cm³/mol. The summed E-state index contributed by atoms with van der Waals surface area (Å²) in [7, 11) is 0. The maximum Gasteiger partial charge on any atom is 0.329 e. The normalized spacial score (nSPS) is 31.8. The molecular weight excluding hydrogens is 256 g/mol. The van der Waals surface area contributed by atoms with Crippen LogP contribution in [0.4, 0.5) is 4.79 Å². The standard InChI is InChI=1S/C15H24N2O3/c1-14(12(18)19)6-2-3-9-17(14)13(20)16-10-15(7-8-15)11-4-5-11/h11H,2-10H2,1H3,(H,16,20)(H,18,19). The van der Waals surface area contributed by atoms with Crippen molar-refractivity contribution >= 4 is 12.0 Å². The maximum atomic E-state index is 12.4. The van der Waals surface area contributed by atoms with E-state index in [2.05, 4.69) is 5.32 Å². The largest absolute Gasteiger partial charge is 0.480 e. The van der Waals surface area contributed by atoms with Crippen LogP contribution in [0.5, 0.6) is 0 Å². The number of urea groups is 1. The van der Waals surface area contributed by atoms with Gasteiger partial charge in [-0.05, 0) is 63.2 Å². The van der Waals surface area contributed by atoms with Gasteiger partial charge in [0.15, 0.2) is 0 Å². The molecule has 0 bridgehead atoms. The fourth-order valence-corrected chi connectivity index (χ4v) is 3.60. The lowest BCUT2D eigenvalue weighted by atomic mass is 9.89. The summed E-state index contributed by atoms with van der Waals surface area (Å²) in [4.78, 5) is 25.4. The third-order valence-electron chi connectivity index (χ3n) is 5.52. The number of piperidine rings is 1. The minimum absolute atomic E-state index is 0.193. The zero-order valence-corrected chi connectivity index (χ0v) is 12.2. The van der Waals surface area contributed by atoms with Crippen molar-refractivity contribution in [2.45, 2.75) is 57.4 Å². The van der Waals surface area contributed by atoms with Gasteiger partial charge in [-0.25, -0.2) is 9.59 Å². The van der Waals surface area contributed by atoms with Gasteiger partial charge in [0, 0.05) is 13.1 Å². The number of hydrogen-bond donors (Lipinski definition) is 2. The summed E-state index contributed by atoms with van der Waals surface area (Å²) in [6.45, 7) is 2.94. The smallest absolute Gasteiger partial charge is 0.329 e. The molecule has 3 rings (SSSR count).